The van der Waals surface area contributed by atoms with Gasteiger partial charge in [0.25, 0.3) is 0 Å². The predicted octanol–water partition coefficient (Wildman–Crippen LogP) is 3.65. The average Bonchev–Trinajstić information content (AvgIpc) is 2.73. The topological polar surface area (TPSA) is 49.3 Å². The summed E-state index contributed by atoms with van der Waals surface area (Å²) in [6, 6.07) is 5.39. The molecule has 0 aliphatic carbocycles. The number of carbonyl (C=O) groups is 1. The summed E-state index contributed by atoms with van der Waals surface area (Å²) in [6.07, 6.45) is 0. The van der Waals surface area contributed by atoms with Crippen molar-refractivity contribution >= 4 is 23.0 Å². The van der Waals surface area contributed by atoms with Gasteiger partial charge in [0.15, 0.2) is 0 Å². The molecule has 1 aromatic carbocycles. The molecule has 1 aromatic heterocycles. The summed E-state index contributed by atoms with van der Waals surface area (Å²) >= 11 is 1.53. The second kappa shape index (κ2) is 5.36. The van der Waals surface area contributed by atoms with E-state index < -0.39 is 23.2 Å². The zero-order valence-corrected chi connectivity index (χ0v) is 10.9. The number of aromatic carboxylic acids is 1. The standard InChI is InChI=1S/C13H11F2NO2S/c1-7-2-3-9(19-7)6-16-12-10(14)4-8(13(17)18)5-11(12)15/h2-5,16H,6H2,1H3,(H,17,18). The Labute approximate surface area is 112 Å². The van der Waals surface area contributed by atoms with Crippen molar-refractivity contribution in [2.24, 2.45) is 0 Å². The predicted molar refractivity (Wildman–Crippen MR) is 69.7 cm³/mol. The summed E-state index contributed by atoms with van der Waals surface area (Å²) < 4.78 is 27.2. The van der Waals surface area contributed by atoms with E-state index in [1.807, 2.05) is 19.1 Å². The third-order valence-corrected chi connectivity index (χ3v) is 3.53. The van der Waals surface area contributed by atoms with Crippen LogP contribution < -0.4 is 5.32 Å². The average molecular weight is 283 g/mol. The van der Waals surface area contributed by atoms with Crippen molar-refractivity contribution in [3.8, 4) is 0 Å². The van der Waals surface area contributed by atoms with Gasteiger partial charge in [-0.1, -0.05) is 0 Å². The minimum atomic E-state index is -1.36. The number of thiophene rings is 1. The maximum atomic E-state index is 13.6. The fourth-order valence-corrected chi connectivity index (χ4v) is 2.45. The molecule has 0 amide bonds. The molecule has 0 atom stereocenters. The Bertz CT molecular complexity index is 602. The Morgan fingerprint density at radius 3 is 2.42 bits per heavy atom. The molecule has 1 heterocycles. The monoisotopic (exact) mass is 283 g/mol. The Hall–Kier alpha value is -1.95. The van der Waals surface area contributed by atoms with Crippen LogP contribution in [-0.2, 0) is 6.54 Å². The highest BCUT2D eigenvalue weighted by Gasteiger charge is 2.14. The number of aryl methyl sites for hydroxylation is 1. The van der Waals surface area contributed by atoms with Gasteiger partial charge in [-0.3, -0.25) is 0 Å². The summed E-state index contributed by atoms with van der Waals surface area (Å²) in [5.74, 6) is -3.19. The molecular weight excluding hydrogens is 272 g/mol. The molecule has 0 aliphatic rings. The van der Waals surface area contributed by atoms with Gasteiger partial charge in [0.1, 0.15) is 17.3 Å². The molecule has 19 heavy (non-hydrogen) atoms. The lowest BCUT2D eigenvalue weighted by molar-refractivity contribution is 0.0696. The molecule has 0 aliphatic heterocycles. The molecule has 0 fully saturated rings. The van der Waals surface area contributed by atoms with Crippen LogP contribution in [0.15, 0.2) is 24.3 Å². The molecular formula is C13H11F2NO2S. The second-order valence-electron chi connectivity index (χ2n) is 3.99. The van der Waals surface area contributed by atoms with Crippen LogP contribution >= 0.6 is 11.3 Å². The molecule has 0 saturated carbocycles. The molecule has 0 unspecified atom stereocenters. The first-order valence-corrected chi connectivity index (χ1v) is 6.30. The van der Waals surface area contributed by atoms with Crippen molar-refractivity contribution in [2.45, 2.75) is 13.5 Å². The number of nitrogens with one attached hydrogen (secondary N) is 1. The zero-order chi connectivity index (χ0) is 14.0. The van der Waals surface area contributed by atoms with E-state index in [-0.39, 0.29) is 5.69 Å². The van der Waals surface area contributed by atoms with Crippen molar-refractivity contribution in [1.82, 2.24) is 0 Å². The molecule has 0 radical (unpaired) electrons. The van der Waals surface area contributed by atoms with Gasteiger partial charge in [-0.05, 0) is 31.2 Å². The summed E-state index contributed by atoms with van der Waals surface area (Å²) in [7, 11) is 0. The first-order chi connectivity index (χ1) is 8.97. The number of benzene rings is 1. The third kappa shape index (κ3) is 3.08. The van der Waals surface area contributed by atoms with Crippen molar-refractivity contribution in [3.05, 3.63) is 51.2 Å². The van der Waals surface area contributed by atoms with Gasteiger partial charge in [-0.15, -0.1) is 11.3 Å². The van der Waals surface area contributed by atoms with Crippen molar-refractivity contribution in [2.75, 3.05) is 5.32 Å². The van der Waals surface area contributed by atoms with Crippen LogP contribution in [0, 0.1) is 18.6 Å². The SMILES string of the molecule is Cc1ccc(CNc2c(F)cc(C(=O)O)cc2F)s1. The molecule has 0 bridgehead atoms. The van der Waals surface area contributed by atoms with E-state index >= 15 is 0 Å². The van der Waals surface area contributed by atoms with E-state index in [1.54, 1.807) is 0 Å². The lowest BCUT2D eigenvalue weighted by atomic mass is 10.2. The molecule has 3 nitrogen and oxygen atoms in total. The van der Waals surface area contributed by atoms with E-state index in [0.29, 0.717) is 6.54 Å². The summed E-state index contributed by atoms with van der Waals surface area (Å²) in [5.41, 5.74) is -0.719. The fraction of sp³-hybridized carbons (Fsp3) is 0.154. The zero-order valence-electron chi connectivity index (χ0n) is 10.0. The van der Waals surface area contributed by atoms with E-state index in [1.165, 1.54) is 11.3 Å². The van der Waals surface area contributed by atoms with Gasteiger partial charge in [0.2, 0.25) is 0 Å². The number of carboxylic acids is 1. The van der Waals surface area contributed by atoms with Gasteiger partial charge in [0, 0.05) is 16.3 Å². The normalized spacial score (nSPS) is 10.5. The van der Waals surface area contributed by atoms with Gasteiger partial charge in [0.05, 0.1) is 5.56 Å². The number of rotatable bonds is 4. The van der Waals surface area contributed by atoms with Crippen LogP contribution in [-0.4, -0.2) is 11.1 Å². The number of halogens is 2. The van der Waals surface area contributed by atoms with Crippen molar-refractivity contribution in [3.63, 3.8) is 0 Å². The van der Waals surface area contributed by atoms with E-state index in [2.05, 4.69) is 5.32 Å². The molecule has 6 heteroatoms. The fourth-order valence-electron chi connectivity index (χ4n) is 1.62. The Balaban J connectivity index is 2.18. The Morgan fingerprint density at radius 1 is 1.32 bits per heavy atom. The Kier molecular flexibility index (Phi) is 3.80. The lowest BCUT2D eigenvalue weighted by Gasteiger charge is -2.08. The van der Waals surface area contributed by atoms with E-state index in [9.17, 15) is 13.6 Å². The smallest absolute Gasteiger partial charge is 0.335 e. The Morgan fingerprint density at radius 2 is 1.95 bits per heavy atom. The number of carboxylic acid groups (broad SMARTS) is 1. The molecule has 0 saturated heterocycles. The van der Waals surface area contributed by atoms with Crippen LogP contribution in [0.2, 0.25) is 0 Å². The van der Waals surface area contributed by atoms with E-state index in [4.69, 9.17) is 5.11 Å². The van der Waals surface area contributed by atoms with Crippen molar-refractivity contribution < 1.29 is 18.7 Å². The molecule has 2 rings (SSSR count). The maximum absolute atomic E-state index is 13.6. The summed E-state index contributed by atoms with van der Waals surface area (Å²) in [4.78, 5) is 12.7. The highest BCUT2D eigenvalue weighted by Crippen LogP contribution is 2.23. The first-order valence-electron chi connectivity index (χ1n) is 5.49. The van der Waals surface area contributed by atoms with Gasteiger partial charge in [-0.25, -0.2) is 13.6 Å². The highest BCUT2D eigenvalue weighted by molar-refractivity contribution is 7.11. The van der Waals surface area contributed by atoms with Crippen LogP contribution in [0.4, 0.5) is 14.5 Å². The van der Waals surface area contributed by atoms with Crippen molar-refractivity contribution in [1.29, 1.82) is 0 Å². The van der Waals surface area contributed by atoms with Gasteiger partial charge >= 0.3 is 5.97 Å². The molecule has 0 spiro atoms. The molecule has 2 N–H and O–H groups in total. The first kappa shape index (κ1) is 13.5. The largest absolute Gasteiger partial charge is 0.478 e. The highest BCUT2D eigenvalue weighted by atomic mass is 32.1. The van der Waals surface area contributed by atoms with Gasteiger partial charge < -0.3 is 10.4 Å². The van der Waals surface area contributed by atoms with Crippen LogP contribution in [0.1, 0.15) is 20.1 Å². The quantitative estimate of drug-likeness (QED) is 0.900. The van der Waals surface area contributed by atoms with Crippen LogP contribution in [0.5, 0.6) is 0 Å². The number of anilines is 1. The molecule has 2 aromatic rings. The van der Waals surface area contributed by atoms with Gasteiger partial charge in [-0.2, -0.15) is 0 Å². The number of hydrogen-bond donors (Lipinski definition) is 2. The summed E-state index contributed by atoms with van der Waals surface area (Å²) in [6.45, 7) is 2.23. The minimum absolute atomic E-state index is 0.290. The second-order valence-corrected chi connectivity index (χ2v) is 5.36. The van der Waals surface area contributed by atoms with Crippen LogP contribution in [0.3, 0.4) is 0 Å². The summed E-state index contributed by atoms with van der Waals surface area (Å²) in [5, 5.41) is 11.3. The van der Waals surface area contributed by atoms with Crippen LogP contribution in [0.25, 0.3) is 0 Å². The number of hydrogen-bond acceptors (Lipinski definition) is 3. The molecule has 100 valence electrons. The third-order valence-electron chi connectivity index (χ3n) is 2.52. The maximum Gasteiger partial charge on any atom is 0.335 e. The lowest BCUT2D eigenvalue weighted by Crippen LogP contribution is -2.06. The van der Waals surface area contributed by atoms with E-state index in [0.717, 1.165) is 21.9 Å². The minimum Gasteiger partial charge on any atom is -0.478 e.